The highest BCUT2D eigenvalue weighted by atomic mass is 16.4. The molecule has 2 heterocycles. The Balaban J connectivity index is 2.31. The third-order valence-corrected chi connectivity index (χ3v) is 2.48. The smallest absolute Gasteiger partial charge is 0.339 e. The largest absolute Gasteiger partial charge is 0.478 e. The first-order valence-corrected chi connectivity index (χ1v) is 4.80. The number of β-amino-alcohol motifs (C(OH)–C–C–N with tert-alkyl or cyclic N) is 1. The summed E-state index contributed by atoms with van der Waals surface area (Å²) in [5, 5.41) is 18.3. The molecule has 1 aliphatic rings. The van der Waals surface area contributed by atoms with Crippen molar-refractivity contribution in [3.8, 4) is 0 Å². The molecule has 0 saturated carbocycles. The van der Waals surface area contributed by atoms with Crippen molar-refractivity contribution in [2.75, 3.05) is 18.0 Å². The molecule has 2 rings (SSSR count). The molecule has 0 amide bonds. The van der Waals surface area contributed by atoms with Gasteiger partial charge in [0.1, 0.15) is 11.4 Å². The highest BCUT2D eigenvalue weighted by Gasteiger charge is 2.24. The number of carboxylic acid groups (broad SMARTS) is 1. The lowest BCUT2D eigenvalue weighted by molar-refractivity contribution is 0.0697. The maximum Gasteiger partial charge on any atom is 0.339 e. The summed E-state index contributed by atoms with van der Waals surface area (Å²) in [6.45, 7) is 1.11. The van der Waals surface area contributed by atoms with Crippen molar-refractivity contribution in [2.24, 2.45) is 0 Å². The fourth-order valence-electron chi connectivity index (χ4n) is 1.75. The maximum absolute atomic E-state index is 10.9. The van der Waals surface area contributed by atoms with Crippen LogP contribution in [0.4, 0.5) is 5.82 Å². The van der Waals surface area contributed by atoms with Crippen molar-refractivity contribution in [3.63, 3.8) is 0 Å². The summed E-state index contributed by atoms with van der Waals surface area (Å²) < 4.78 is 0. The van der Waals surface area contributed by atoms with Crippen LogP contribution in [0.2, 0.25) is 0 Å². The van der Waals surface area contributed by atoms with Gasteiger partial charge in [-0.25, -0.2) is 9.78 Å². The normalized spacial score (nSPS) is 20.6. The average molecular weight is 208 g/mol. The van der Waals surface area contributed by atoms with Gasteiger partial charge in [-0.3, -0.25) is 0 Å². The van der Waals surface area contributed by atoms with Crippen LogP contribution in [0.3, 0.4) is 0 Å². The third-order valence-electron chi connectivity index (χ3n) is 2.48. The Labute approximate surface area is 87.0 Å². The minimum atomic E-state index is -0.987. The van der Waals surface area contributed by atoms with Gasteiger partial charge in [-0.15, -0.1) is 0 Å². The van der Waals surface area contributed by atoms with Crippen LogP contribution in [0.1, 0.15) is 16.8 Å². The first-order chi connectivity index (χ1) is 7.18. The molecular formula is C10H12N2O3. The number of aliphatic hydroxyl groups excluding tert-OH is 1. The summed E-state index contributed by atoms with van der Waals surface area (Å²) in [6.07, 6.45) is 1.84. The Kier molecular flexibility index (Phi) is 2.55. The van der Waals surface area contributed by atoms with Gasteiger partial charge in [-0.1, -0.05) is 0 Å². The number of aliphatic hydroxyl groups is 1. The van der Waals surface area contributed by atoms with Crippen LogP contribution in [0.25, 0.3) is 0 Å². The predicted octanol–water partition coefficient (Wildman–Crippen LogP) is 0.351. The van der Waals surface area contributed by atoms with Crippen molar-refractivity contribution in [1.82, 2.24) is 4.98 Å². The van der Waals surface area contributed by atoms with Gasteiger partial charge in [-0.2, -0.15) is 0 Å². The van der Waals surface area contributed by atoms with Gasteiger partial charge in [0.15, 0.2) is 0 Å². The van der Waals surface area contributed by atoms with Crippen molar-refractivity contribution >= 4 is 11.8 Å². The molecule has 1 fully saturated rings. The number of aromatic nitrogens is 1. The van der Waals surface area contributed by atoms with E-state index in [9.17, 15) is 9.90 Å². The molecule has 0 bridgehead atoms. The van der Waals surface area contributed by atoms with Crippen LogP contribution >= 0.6 is 0 Å². The molecule has 0 aliphatic carbocycles. The number of aromatic carboxylic acids is 1. The quantitative estimate of drug-likeness (QED) is 0.733. The molecule has 80 valence electrons. The van der Waals surface area contributed by atoms with E-state index in [1.165, 1.54) is 6.07 Å². The first-order valence-electron chi connectivity index (χ1n) is 4.80. The minimum absolute atomic E-state index is 0.187. The lowest BCUT2D eigenvalue weighted by atomic mass is 10.2. The maximum atomic E-state index is 10.9. The number of pyridine rings is 1. The molecule has 1 saturated heterocycles. The van der Waals surface area contributed by atoms with Gasteiger partial charge < -0.3 is 15.1 Å². The molecular weight excluding hydrogens is 196 g/mol. The molecule has 0 spiro atoms. The zero-order chi connectivity index (χ0) is 10.8. The molecule has 15 heavy (non-hydrogen) atoms. The number of nitrogens with zero attached hydrogens (tertiary/aromatic N) is 2. The summed E-state index contributed by atoms with van der Waals surface area (Å²) in [5.74, 6) is -0.541. The molecule has 1 aliphatic heterocycles. The Morgan fingerprint density at radius 3 is 3.00 bits per heavy atom. The van der Waals surface area contributed by atoms with E-state index in [0.717, 1.165) is 0 Å². The number of hydrogen-bond acceptors (Lipinski definition) is 4. The summed E-state index contributed by atoms with van der Waals surface area (Å²) in [4.78, 5) is 16.8. The summed E-state index contributed by atoms with van der Waals surface area (Å²) in [5.41, 5.74) is 0.187. The lowest BCUT2D eigenvalue weighted by Crippen LogP contribution is -2.24. The summed E-state index contributed by atoms with van der Waals surface area (Å²) in [7, 11) is 0. The molecule has 0 radical (unpaired) electrons. The molecule has 2 N–H and O–H groups in total. The van der Waals surface area contributed by atoms with E-state index >= 15 is 0 Å². The van der Waals surface area contributed by atoms with Crippen LogP contribution in [0, 0.1) is 0 Å². The van der Waals surface area contributed by atoms with Crippen LogP contribution in [-0.4, -0.2) is 40.4 Å². The Morgan fingerprint density at radius 1 is 1.60 bits per heavy atom. The molecule has 5 nitrogen and oxygen atoms in total. The van der Waals surface area contributed by atoms with Crippen molar-refractivity contribution in [3.05, 3.63) is 23.9 Å². The first kappa shape index (κ1) is 9.92. The zero-order valence-corrected chi connectivity index (χ0v) is 8.13. The minimum Gasteiger partial charge on any atom is -0.478 e. The topological polar surface area (TPSA) is 73.7 Å². The SMILES string of the molecule is O=C(O)c1cccnc1N1CC[C@@H](O)C1. The molecule has 1 atom stereocenters. The van der Waals surface area contributed by atoms with Gasteiger partial charge in [0, 0.05) is 19.3 Å². The Hall–Kier alpha value is -1.62. The van der Waals surface area contributed by atoms with Gasteiger partial charge in [0.05, 0.1) is 6.10 Å². The molecule has 0 unspecified atom stereocenters. The van der Waals surface area contributed by atoms with E-state index in [2.05, 4.69) is 4.98 Å². The fourth-order valence-corrected chi connectivity index (χ4v) is 1.75. The van der Waals surface area contributed by atoms with Gasteiger partial charge in [0.2, 0.25) is 0 Å². The van der Waals surface area contributed by atoms with Crippen LogP contribution in [-0.2, 0) is 0 Å². The highest BCUT2D eigenvalue weighted by Crippen LogP contribution is 2.21. The lowest BCUT2D eigenvalue weighted by Gasteiger charge is -2.18. The summed E-state index contributed by atoms with van der Waals surface area (Å²) in [6, 6.07) is 3.12. The summed E-state index contributed by atoms with van der Waals surface area (Å²) >= 11 is 0. The van der Waals surface area contributed by atoms with Crippen molar-refractivity contribution in [2.45, 2.75) is 12.5 Å². The average Bonchev–Trinajstić information content (AvgIpc) is 2.65. The second-order valence-electron chi connectivity index (χ2n) is 3.57. The number of rotatable bonds is 2. The number of carbonyl (C=O) groups is 1. The molecule has 1 aromatic heterocycles. The van der Waals surface area contributed by atoms with Crippen molar-refractivity contribution < 1.29 is 15.0 Å². The Bertz CT molecular complexity index is 381. The number of carboxylic acids is 1. The zero-order valence-electron chi connectivity index (χ0n) is 8.13. The predicted molar refractivity (Wildman–Crippen MR) is 54.0 cm³/mol. The van der Waals surface area contributed by atoms with E-state index in [1.54, 1.807) is 17.2 Å². The second-order valence-corrected chi connectivity index (χ2v) is 3.57. The second kappa shape index (κ2) is 3.86. The van der Waals surface area contributed by atoms with Crippen LogP contribution in [0.5, 0.6) is 0 Å². The molecule has 1 aromatic rings. The fraction of sp³-hybridized carbons (Fsp3) is 0.400. The van der Waals surface area contributed by atoms with E-state index in [0.29, 0.717) is 25.3 Å². The van der Waals surface area contributed by atoms with E-state index < -0.39 is 5.97 Å². The standard InChI is InChI=1S/C10H12N2O3/c13-7-3-5-12(6-7)9-8(10(14)15)2-1-4-11-9/h1-2,4,7,13H,3,5-6H2,(H,14,15)/t7-/m1/s1. The molecule has 0 aromatic carbocycles. The number of anilines is 1. The number of hydrogen-bond donors (Lipinski definition) is 2. The Morgan fingerprint density at radius 2 is 2.40 bits per heavy atom. The monoisotopic (exact) mass is 208 g/mol. The van der Waals surface area contributed by atoms with Gasteiger partial charge in [-0.05, 0) is 18.6 Å². The van der Waals surface area contributed by atoms with E-state index in [-0.39, 0.29) is 11.7 Å². The third kappa shape index (κ3) is 1.92. The van der Waals surface area contributed by atoms with E-state index in [4.69, 9.17) is 5.11 Å². The van der Waals surface area contributed by atoms with Crippen molar-refractivity contribution in [1.29, 1.82) is 0 Å². The van der Waals surface area contributed by atoms with Crippen LogP contribution in [0.15, 0.2) is 18.3 Å². The van der Waals surface area contributed by atoms with E-state index in [1.807, 2.05) is 0 Å². The van der Waals surface area contributed by atoms with Gasteiger partial charge >= 0.3 is 5.97 Å². The van der Waals surface area contributed by atoms with Crippen LogP contribution < -0.4 is 4.90 Å². The molecule has 5 heteroatoms. The van der Waals surface area contributed by atoms with Gasteiger partial charge in [0.25, 0.3) is 0 Å². The highest BCUT2D eigenvalue weighted by molar-refractivity contribution is 5.93.